The number of aryl methyl sites for hydroxylation is 2. The lowest BCUT2D eigenvalue weighted by Gasteiger charge is -2.12. The van der Waals surface area contributed by atoms with Crippen molar-refractivity contribution in [2.75, 3.05) is 0 Å². The Morgan fingerprint density at radius 1 is 0.857 bits per heavy atom. The van der Waals surface area contributed by atoms with Crippen molar-refractivity contribution in [3.05, 3.63) is 35.4 Å². The Bertz CT molecular complexity index is 641. The standard InChI is InChI=1S/C24H34O4/c25-19-28-24(17-18-24)14-6-4-8-21-11-9-20(10-12-21)7-3-1-2-5-13-23(15-16-23)22(26)27/h9-12,19H,1-8,13-18H2,(H,26,27). The van der Waals surface area contributed by atoms with Gasteiger partial charge in [-0.15, -0.1) is 0 Å². The number of carbonyl (C=O) groups excluding carboxylic acids is 1. The van der Waals surface area contributed by atoms with E-state index >= 15 is 0 Å². The molecular formula is C24H34O4. The molecule has 3 rings (SSSR count). The van der Waals surface area contributed by atoms with Crippen molar-refractivity contribution in [2.45, 2.75) is 95.5 Å². The molecule has 2 saturated carbocycles. The van der Waals surface area contributed by atoms with Gasteiger partial charge in [-0.05, 0) is 81.8 Å². The number of unbranched alkanes of at least 4 members (excludes halogenated alkanes) is 4. The number of aliphatic carboxylic acids is 1. The lowest BCUT2D eigenvalue weighted by Crippen LogP contribution is -2.14. The average molecular weight is 387 g/mol. The lowest BCUT2D eigenvalue weighted by atomic mass is 9.97. The molecule has 0 radical (unpaired) electrons. The zero-order valence-corrected chi connectivity index (χ0v) is 17.0. The van der Waals surface area contributed by atoms with E-state index in [-0.39, 0.29) is 11.0 Å². The molecule has 0 bridgehead atoms. The quantitative estimate of drug-likeness (QED) is 0.321. The minimum atomic E-state index is -0.589. The Morgan fingerprint density at radius 2 is 1.39 bits per heavy atom. The highest BCUT2D eigenvalue weighted by Gasteiger charge is 2.49. The second-order valence-corrected chi connectivity index (χ2v) is 8.92. The molecule has 0 spiro atoms. The molecule has 0 amide bonds. The number of carboxylic acid groups (broad SMARTS) is 1. The molecule has 0 heterocycles. The minimum Gasteiger partial charge on any atom is -0.481 e. The maximum Gasteiger partial charge on any atom is 0.309 e. The molecule has 2 aliphatic carbocycles. The summed E-state index contributed by atoms with van der Waals surface area (Å²) in [7, 11) is 0. The molecule has 1 aromatic carbocycles. The largest absolute Gasteiger partial charge is 0.481 e. The van der Waals surface area contributed by atoms with Crippen molar-refractivity contribution in [1.29, 1.82) is 0 Å². The maximum atomic E-state index is 11.2. The van der Waals surface area contributed by atoms with Gasteiger partial charge in [0, 0.05) is 0 Å². The maximum absolute atomic E-state index is 11.2. The third kappa shape index (κ3) is 6.08. The number of ether oxygens (including phenoxy) is 1. The summed E-state index contributed by atoms with van der Waals surface area (Å²) in [6.45, 7) is 0.603. The van der Waals surface area contributed by atoms with Crippen LogP contribution >= 0.6 is 0 Å². The number of hydrogen-bond donors (Lipinski definition) is 1. The third-order valence-corrected chi connectivity index (χ3v) is 6.65. The first-order chi connectivity index (χ1) is 13.6. The predicted octanol–water partition coefficient (Wildman–Crippen LogP) is 5.46. The van der Waals surface area contributed by atoms with E-state index < -0.39 is 5.97 Å². The van der Waals surface area contributed by atoms with Crippen LogP contribution in [0, 0.1) is 5.41 Å². The lowest BCUT2D eigenvalue weighted by molar-refractivity contribution is -0.143. The minimum absolute atomic E-state index is 0.113. The van der Waals surface area contributed by atoms with Crippen LogP contribution in [0.15, 0.2) is 24.3 Å². The molecule has 0 saturated heterocycles. The highest BCUT2D eigenvalue weighted by atomic mass is 16.5. The van der Waals surface area contributed by atoms with Gasteiger partial charge in [0.2, 0.25) is 0 Å². The Hall–Kier alpha value is -1.84. The summed E-state index contributed by atoms with van der Waals surface area (Å²) in [5.41, 5.74) is 2.31. The van der Waals surface area contributed by atoms with Gasteiger partial charge in [0.25, 0.3) is 6.47 Å². The van der Waals surface area contributed by atoms with Crippen molar-refractivity contribution in [3.8, 4) is 0 Å². The van der Waals surface area contributed by atoms with E-state index in [0.29, 0.717) is 6.47 Å². The highest BCUT2D eigenvalue weighted by Crippen LogP contribution is 2.50. The topological polar surface area (TPSA) is 63.6 Å². The molecule has 4 nitrogen and oxygen atoms in total. The first kappa shape index (κ1) is 20.9. The molecule has 0 atom stereocenters. The number of carbonyl (C=O) groups is 2. The van der Waals surface area contributed by atoms with Gasteiger partial charge >= 0.3 is 5.97 Å². The Kier molecular flexibility index (Phi) is 7.14. The monoisotopic (exact) mass is 386 g/mol. The smallest absolute Gasteiger partial charge is 0.309 e. The fourth-order valence-corrected chi connectivity index (χ4v) is 4.18. The first-order valence-electron chi connectivity index (χ1n) is 11.0. The summed E-state index contributed by atoms with van der Waals surface area (Å²) in [6, 6.07) is 8.98. The van der Waals surface area contributed by atoms with E-state index in [2.05, 4.69) is 24.3 Å². The third-order valence-electron chi connectivity index (χ3n) is 6.65. The van der Waals surface area contributed by atoms with Crippen molar-refractivity contribution in [3.63, 3.8) is 0 Å². The van der Waals surface area contributed by atoms with Gasteiger partial charge in [-0.3, -0.25) is 9.59 Å². The molecular weight excluding hydrogens is 352 g/mol. The molecule has 2 fully saturated rings. The molecule has 2 aliphatic rings. The molecule has 0 unspecified atom stereocenters. The van der Waals surface area contributed by atoms with E-state index in [1.165, 1.54) is 24.0 Å². The van der Waals surface area contributed by atoms with Crippen molar-refractivity contribution in [2.24, 2.45) is 5.41 Å². The van der Waals surface area contributed by atoms with Crippen molar-refractivity contribution in [1.82, 2.24) is 0 Å². The summed E-state index contributed by atoms with van der Waals surface area (Å²) >= 11 is 0. The van der Waals surface area contributed by atoms with Gasteiger partial charge in [0.05, 0.1) is 5.41 Å². The number of hydrogen-bond acceptors (Lipinski definition) is 3. The molecule has 1 N–H and O–H groups in total. The first-order valence-corrected chi connectivity index (χ1v) is 11.0. The molecule has 28 heavy (non-hydrogen) atoms. The van der Waals surface area contributed by atoms with E-state index in [1.54, 1.807) is 0 Å². The van der Waals surface area contributed by atoms with Crippen LogP contribution in [0.2, 0.25) is 0 Å². The van der Waals surface area contributed by atoms with Gasteiger partial charge in [-0.2, -0.15) is 0 Å². The summed E-state index contributed by atoms with van der Waals surface area (Å²) in [5.74, 6) is -0.589. The van der Waals surface area contributed by atoms with Crippen LogP contribution in [0.25, 0.3) is 0 Å². The fourth-order valence-electron chi connectivity index (χ4n) is 4.18. The zero-order chi connectivity index (χ0) is 19.9. The van der Waals surface area contributed by atoms with Crippen LogP contribution in [0.4, 0.5) is 0 Å². The summed E-state index contributed by atoms with van der Waals surface area (Å²) in [5, 5.41) is 9.19. The molecule has 1 aromatic rings. The Labute approximate surface area is 168 Å². The van der Waals surface area contributed by atoms with E-state index in [4.69, 9.17) is 4.74 Å². The summed E-state index contributed by atoms with van der Waals surface area (Å²) in [4.78, 5) is 21.7. The predicted molar refractivity (Wildman–Crippen MR) is 109 cm³/mol. The molecule has 0 aromatic heterocycles. The number of benzene rings is 1. The number of rotatable bonds is 15. The van der Waals surface area contributed by atoms with Gasteiger partial charge < -0.3 is 9.84 Å². The van der Waals surface area contributed by atoms with Crippen LogP contribution in [0.3, 0.4) is 0 Å². The normalized spacial score (nSPS) is 18.4. The van der Waals surface area contributed by atoms with Gasteiger partial charge in [-0.1, -0.05) is 43.5 Å². The van der Waals surface area contributed by atoms with E-state index in [0.717, 1.165) is 77.0 Å². The van der Waals surface area contributed by atoms with E-state index in [1.807, 2.05) is 0 Å². The molecule has 4 heteroatoms. The highest BCUT2D eigenvalue weighted by molar-refractivity contribution is 5.77. The van der Waals surface area contributed by atoms with Gasteiger partial charge in [0.1, 0.15) is 5.60 Å². The number of carboxylic acids is 1. The summed E-state index contributed by atoms with van der Waals surface area (Å²) < 4.78 is 5.19. The van der Waals surface area contributed by atoms with Crippen LogP contribution < -0.4 is 0 Å². The van der Waals surface area contributed by atoms with Gasteiger partial charge in [0.15, 0.2) is 0 Å². The molecule has 154 valence electrons. The van der Waals surface area contributed by atoms with Gasteiger partial charge in [-0.25, -0.2) is 0 Å². The van der Waals surface area contributed by atoms with E-state index in [9.17, 15) is 14.7 Å². The summed E-state index contributed by atoms with van der Waals surface area (Å²) in [6.07, 6.45) is 14.7. The van der Waals surface area contributed by atoms with Crippen molar-refractivity contribution < 1.29 is 19.4 Å². The van der Waals surface area contributed by atoms with Crippen molar-refractivity contribution >= 4 is 12.4 Å². The SMILES string of the molecule is O=COC1(CCCCc2ccc(CCCCCCC3(C(=O)O)CC3)cc2)CC1. The second-order valence-electron chi connectivity index (χ2n) is 8.92. The van der Waals surface area contributed by atoms with Crippen LogP contribution in [-0.2, 0) is 27.2 Å². The van der Waals surface area contributed by atoms with Crippen LogP contribution in [0.1, 0.15) is 88.2 Å². The zero-order valence-electron chi connectivity index (χ0n) is 17.0. The van der Waals surface area contributed by atoms with Crippen LogP contribution in [0.5, 0.6) is 0 Å². The molecule has 0 aliphatic heterocycles. The Balaban J connectivity index is 1.23. The fraction of sp³-hybridized carbons (Fsp3) is 0.667. The van der Waals surface area contributed by atoms with Crippen LogP contribution in [-0.4, -0.2) is 23.1 Å². The average Bonchev–Trinajstić information content (AvgIpc) is 3.60. The second kappa shape index (κ2) is 9.58. The Morgan fingerprint density at radius 3 is 1.89 bits per heavy atom.